The Bertz CT molecular complexity index is 665. The smallest absolute Gasteiger partial charge is 0.155 e. The van der Waals surface area contributed by atoms with Gasteiger partial charge in [0.2, 0.25) is 0 Å². The molecule has 3 rings (SSSR count). The molecule has 1 saturated heterocycles. The molecular formula is C17H21N3O2S. The van der Waals surface area contributed by atoms with Crippen LogP contribution in [0.1, 0.15) is 24.6 Å². The van der Waals surface area contributed by atoms with E-state index in [-0.39, 0.29) is 11.2 Å². The summed E-state index contributed by atoms with van der Waals surface area (Å²) in [6, 6.07) is 9.34. The first-order valence-electron chi connectivity index (χ1n) is 7.83. The highest BCUT2D eigenvalue weighted by Crippen LogP contribution is 2.34. The number of carbonyl (C=O) groups excluding carboxylic acids is 1. The van der Waals surface area contributed by atoms with Crippen molar-refractivity contribution in [3.05, 3.63) is 35.2 Å². The molecule has 1 atom stereocenters. The highest BCUT2D eigenvalue weighted by atomic mass is 32.1. The van der Waals surface area contributed by atoms with Gasteiger partial charge in [-0.15, -0.1) is 5.10 Å². The van der Waals surface area contributed by atoms with Crippen LogP contribution in [-0.2, 0) is 16.0 Å². The lowest BCUT2D eigenvalue weighted by Crippen LogP contribution is -2.49. The predicted molar refractivity (Wildman–Crippen MR) is 90.2 cm³/mol. The second-order valence-corrected chi connectivity index (χ2v) is 7.14. The van der Waals surface area contributed by atoms with Gasteiger partial charge >= 0.3 is 0 Å². The van der Waals surface area contributed by atoms with E-state index >= 15 is 0 Å². The van der Waals surface area contributed by atoms with Gasteiger partial charge in [-0.2, -0.15) is 0 Å². The third-order valence-electron chi connectivity index (χ3n) is 4.67. The van der Waals surface area contributed by atoms with Crippen LogP contribution in [0.4, 0.5) is 0 Å². The van der Waals surface area contributed by atoms with Crippen LogP contribution in [-0.4, -0.2) is 34.6 Å². The first-order valence-corrected chi connectivity index (χ1v) is 8.60. The summed E-state index contributed by atoms with van der Waals surface area (Å²) in [5.74, 6) is 0.0534. The Morgan fingerprint density at radius 2 is 2.04 bits per heavy atom. The Labute approximate surface area is 140 Å². The van der Waals surface area contributed by atoms with Crippen molar-refractivity contribution in [3.63, 3.8) is 0 Å². The first kappa shape index (κ1) is 16.2. The second kappa shape index (κ2) is 6.86. The van der Waals surface area contributed by atoms with Gasteiger partial charge in [0, 0.05) is 25.2 Å². The molecule has 0 spiro atoms. The van der Waals surface area contributed by atoms with Crippen LogP contribution in [0, 0.1) is 5.41 Å². The van der Waals surface area contributed by atoms with E-state index in [0.29, 0.717) is 19.6 Å². The molecule has 0 aliphatic carbocycles. The number of nitrogens with two attached hydrogens (primary N) is 1. The van der Waals surface area contributed by atoms with Crippen molar-refractivity contribution in [2.75, 3.05) is 13.2 Å². The fourth-order valence-electron chi connectivity index (χ4n) is 2.95. The fourth-order valence-corrected chi connectivity index (χ4v) is 3.62. The zero-order valence-electron chi connectivity index (χ0n) is 13.2. The summed E-state index contributed by atoms with van der Waals surface area (Å²) in [6.45, 7) is 3.44. The third-order valence-corrected chi connectivity index (χ3v) is 5.39. The molecule has 0 amide bonds. The Morgan fingerprint density at radius 3 is 2.74 bits per heavy atom. The van der Waals surface area contributed by atoms with Crippen LogP contribution in [0.15, 0.2) is 30.3 Å². The molecule has 1 aromatic heterocycles. The summed E-state index contributed by atoms with van der Waals surface area (Å²) in [4.78, 5) is 13.6. The minimum atomic E-state index is -0.475. The van der Waals surface area contributed by atoms with E-state index < -0.39 is 6.04 Å². The minimum absolute atomic E-state index is 0.0534. The normalized spacial score (nSPS) is 18.5. The number of Topliss-reactive ketones (excluding diaryl/α,β-unsaturated/α-hetero) is 1. The van der Waals surface area contributed by atoms with Crippen molar-refractivity contribution < 1.29 is 9.53 Å². The molecule has 122 valence electrons. The van der Waals surface area contributed by atoms with Crippen LogP contribution >= 0.6 is 11.5 Å². The number of ether oxygens (including phenoxy) is 1. The van der Waals surface area contributed by atoms with Crippen molar-refractivity contribution >= 4 is 17.3 Å². The summed E-state index contributed by atoms with van der Waals surface area (Å²) in [6.07, 6.45) is 1.94. The molecule has 1 fully saturated rings. The van der Waals surface area contributed by atoms with E-state index in [1.54, 1.807) is 0 Å². The average Bonchev–Trinajstić information content (AvgIpc) is 3.03. The Kier molecular flexibility index (Phi) is 4.84. The summed E-state index contributed by atoms with van der Waals surface area (Å²) in [5, 5.41) is 4.18. The van der Waals surface area contributed by atoms with Crippen LogP contribution < -0.4 is 5.73 Å². The number of benzene rings is 1. The number of hydrogen-bond acceptors (Lipinski definition) is 6. The Balaban J connectivity index is 1.75. The predicted octanol–water partition coefficient (Wildman–Crippen LogP) is 2.46. The quantitative estimate of drug-likeness (QED) is 0.910. The SMILES string of the molecule is CC1([C@H](N)C(=O)Cc2snnc2-c2ccccc2)CCOCC1. The molecule has 1 aliphatic rings. The van der Waals surface area contributed by atoms with E-state index in [4.69, 9.17) is 10.5 Å². The molecule has 0 saturated carbocycles. The number of ketones is 1. The van der Waals surface area contributed by atoms with E-state index in [1.165, 1.54) is 11.5 Å². The maximum Gasteiger partial charge on any atom is 0.155 e. The van der Waals surface area contributed by atoms with Crippen molar-refractivity contribution in [2.24, 2.45) is 11.1 Å². The highest BCUT2D eigenvalue weighted by molar-refractivity contribution is 7.06. The molecule has 2 aromatic rings. The molecule has 1 aromatic carbocycles. The molecule has 6 heteroatoms. The number of hydrogen-bond donors (Lipinski definition) is 1. The number of carbonyl (C=O) groups is 1. The molecule has 2 heterocycles. The van der Waals surface area contributed by atoms with Crippen molar-refractivity contribution in [1.82, 2.24) is 9.59 Å². The average molecular weight is 331 g/mol. The number of nitrogens with zero attached hydrogens (tertiary/aromatic N) is 2. The van der Waals surface area contributed by atoms with Crippen LogP contribution in [0.25, 0.3) is 11.3 Å². The molecule has 0 bridgehead atoms. The van der Waals surface area contributed by atoms with E-state index in [9.17, 15) is 4.79 Å². The standard InChI is InChI=1S/C17H21N3O2S/c1-17(7-9-22-10-8-17)16(18)13(21)11-14-15(19-20-23-14)12-5-3-2-4-6-12/h2-6,16H,7-11,18H2,1H3/t16-/m1/s1. The summed E-state index contributed by atoms with van der Waals surface area (Å²) < 4.78 is 9.41. The van der Waals surface area contributed by atoms with Gasteiger partial charge in [-0.05, 0) is 29.8 Å². The summed E-state index contributed by atoms with van der Waals surface area (Å²) in [7, 11) is 0. The van der Waals surface area contributed by atoms with Gasteiger partial charge in [0.25, 0.3) is 0 Å². The lowest BCUT2D eigenvalue weighted by Gasteiger charge is -2.37. The zero-order valence-corrected chi connectivity index (χ0v) is 14.0. The van der Waals surface area contributed by atoms with Gasteiger partial charge in [-0.3, -0.25) is 4.79 Å². The zero-order chi connectivity index (χ0) is 16.3. The maximum atomic E-state index is 12.7. The maximum absolute atomic E-state index is 12.7. The molecule has 1 aliphatic heterocycles. The van der Waals surface area contributed by atoms with Crippen LogP contribution in [0.5, 0.6) is 0 Å². The van der Waals surface area contributed by atoms with Gasteiger partial charge in [0.05, 0.1) is 10.9 Å². The van der Waals surface area contributed by atoms with Crippen LogP contribution in [0.2, 0.25) is 0 Å². The lowest BCUT2D eigenvalue weighted by atomic mass is 9.74. The highest BCUT2D eigenvalue weighted by Gasteiger charge is 2.38. The van der Waals surface area contributed by atoms with E-state index in [0.717, 1.165) is 29.0 Å². The molecule has 2 N–H and O–H groups in total. The Hall–Kier alpha value is -1.63. The third kappa shape index (κ3) is 3.49. The fraction of sp³-hybridized carbons (Fsp3) is 0.471. The lowest BCUT2D eigenvalue weighted by molar-refractivity contribution is -0.124. The van der Waals surface area contributed by atoms with E-state index in [2.05, 4.69) is 16.5 Å². The Morgan fingerprint density at radius 1 is 1.35 bits per heavy atom. The summed E-state index contributed by atoms with van der Waals surface area (Å²) in [5.41, 5.74) is 7.88. The largest absolute Gasteiger partial charge is 0.381 e. The summed E-state index contributed by atoms with van der Waals surface area (Å²) >= 11 is 1.27. The molecular weight excluding hydrogens is 310 g/mol. The molecule has 5 nitrogen and oxygen atoms in total. The van der Waals surface area contributed by atoms with Gasteiger partial charge in [-0.25, -0.2) is 0 Å². The topological polar surface area (TPSA) is 78.1 Å². The number of rotatable bonds is 5. The van der Waals surface area contributed by atoms with Crippen molar-refractivity contribution in [1.29, 1.82) is 0 Å². The van der Waals surface area contributed by atoms with Crippen LogP contribution in [0.3, 0.4) is 0 Å². The number of aromatic nitrogens is 2. The molecule has 23 heavy (non-hydrogen) atoms. The second-order valence-electron chi connectivity index (χ2n) is 6.30. The van der Waals surface area contributed by atoms with Crippen molar-refractivity contribution in [2.45, 2.75) is 32.2 Å². The van der Waals surface area contributed by atoms with E-state index in [1.807, 2.05) is 30.3 Å². The monoisotopic (exact) mass is 331 g/mol. The van der Waals surface area contributed by atoms with Gasteiger partial charge < -0.3 is 10.5 Å². The molecule has 0 radical (unpaired) electrons. The van der Waals surface area contributed by atoms with Crippen molar-refractivity contribution in [3.8, 4) is 11.3 Å². The van der Waals surface area contributed by atoms with Gasteiger partial charge in [-0.1, -0.05) is 41.7 Å². The first-order chi connectivity index (χ1) is 11.1. The minimum Gasteiger partial charge on any atom is -0.381 e. The van der Waals surface area contributed by atoms with Gasteiger partial charge in [0.15, 0.2) is 5.78 Å². The van der Waals surface area contributed by atoms with Gasteiger partial charge in [0.1, 0.15) is 5.69 Å². The molecule has 0 unspecified atom stereocenters.